The maximum atomic E-state index is 14.0. The number of ether oxygens (including phenoxy) is 3. The molecule has 3 saturated heterocycles. The molecule has 6 rings (SSSR count). The molecule has 1 atom stereocenters. The Balaban J connectivity index is 0.873. The van der Waals surface area contributed by atoms with E-state index in [4.69, 9.17) is 14.2 Å². The Hall–Kier alpha value is -5.17. The molecule has 3 aliphatic heterocycles. The molecule has 5 N–H and O–H groups in total. The van der Waals surface area contributed by atoms with Gasteiger partial charge in [0.1, 0.15) is 6.61 Å². The maximum absolute atomic E-state index is 14.0. The van der Waals surface area contributed by atoms with Gasteiger partial charge in [-0.2, -0.15) is 0 Å². The zero-order chi connectivity index (χ0) is 49.1. The molecule has 17 heteroatoms. The van der Waals surface area contributed by atoms with Crippen molar-refractivity contribution in [2.45, 2.75) is 97.9 Å². The third-order valence-electron chi connectivity index (χ3n) is 13.4. The first-order chi connectivity index (χ1) is 33.4. The number of β-amino-alcohol motifs (C(OH)–C–C–N with tert-alkyl or cyclic N) is 1. The lowest BCUT2D eigenvalue weighted by Gasteiger charge is -2.37. The molecular formula is C52H76N8O9. The van der Waals surface area contributed by atoms with Crippen molar-refractivity contribution < 1.29 is 38.5 Å². The second kappa shape index (κ2) is 27.3. The number of amides is 4. The number of unbranched alkanes of at least 4 members (excludes halogenated alkanes) is 2. The van der Waals surface area contributed by atoms with Gasteiger partial charge < -0.3 is 50.1 Å². The molecule has 378 valence electrons. The van der Waals surface area contributed by atoms with E-state index in [1.165, 1.54) is 5.56 Å². The highest BCUT2D eigenvalue weighted by atomic mass is 16.5. The Morgan fingerprint density at radius 1 is 0.812 bits per heavy atom. The number of rotatable bonds is 25. The number of hydrogen-bond acceptors (Lipinski definition) is 12. The molecule has 0 radical (unpaired) electrons. The van der Waals surface area contributed by atoms with Gasteiger partial charge >= 0.3 is 0 Å². The Morgan fingerprint density at radius 3 is 2.25 bits per heavy atom. The van der Waals surface area contributed by atoms with Crippen LogP contribution >= 0.6 is 0 Å². The molecule has 0 spiro atoms. The number of pyridine rings is 1. The quantitative estimate of drug-likeness (QED) is 0.0778. The lowest BCUT2D eigenvalue weighted by atomic mass is 9.94. The van der Waals surface area contributed by atoms with Crippen LogP contribution in [0.2, 0.25) is 0 Å². The molecular weight excluding hydrogens is 881 g/mol. The standard InChI is InChI=1S/C52H76N8O9/c1-5-60(43-15-26-68-27-16-43)47-30-42(29-45(39(47)4)51(65)55-31-46-37(2)28-38(3)56-52(46)66)41-12-10-40(11-13-41)33-57-19-21-58(22-20-57)35-48(62)53-17-7-6-8-23-67-24-9-25-69-36-49(63)54-32-50(64)59-18-14-44(61)34-59/h10-13,28-30,43-44,61H,5-9,14-27,31-36H2,1-4H3,(H,53,62)(H,54,63)(H,55,65)(H,56,66). The molecule has 3 aliphatic rings. The number of carbonyl (C=O) groups excluding carboxylic acids is 4. The third kappa shape index (κ3) is 16.5. The molecule has 4 heterocycles. The number of aryl methyl sites for hydroxylation is 2. The van der Waals surface area contributed by atoms with E-state index < -0.39 is 6.10 Å². The largest absolute Gasteiger partial charge is 0.391 e. The number of hydrogen-bond donors (Lipinski definition) is 5. The van der Waals surface area contributed by atoms with Crippen LogP contribution in [0.5, 0.6) is 0 Å². The molecule has 1 unspecified atom stereocenters. The second-order valence-electron chi connectivity index (χ2n) is 18.7. The zero-order valence-corrected chi connectivity index (χ0v) is 41.4. The summed E-state index contributed by atoms with van der Waals surface area (Å²) in [6.07, 6.45) is 5.32. The fourth-order valence-electron chi connectivity index (χ4n) is 9.38. The van der Waals surface area contributed by atoms with E-state index in [0.717, 1.165) is 118 Å². The van der Waals surface area contributed by atoms with Crippen LogP contribution in [0.15, 0.2) is 47.3 Å². The van der Waals surface area contributed by atoms with Crippen molar-refractivity contribution in [1.29, 1.82) is 0 Å². The number of aromatic nitrogens is 1. The number of aromatic amines is 1. The first-order valence-electron chi connectivity index (χ1n) is 25.0. The number of likely N-dealkylation sites (tertiary alicyclic amines) is 1. The van der Waals surface area contributed by atoms with Crippen LogP contribution in [0.1, 0.15) is 90.2 Å². The molecule has 3 fully saturated rings. The SMILES string of the molecule is CCN(c1cc(-c2ccc(CN3CCN(CC(=O)NCCCCCOCCCOCC(=O)NCC(=O)N4CCC(O)C4)CC3)cc2)cc(C(=O)NCc2c(C)cc(C)[nH]c2=O)c1C)C1CCOCC1. The Kier molecular flexibility index (Phi) is 21.0. The molecule has 0 saturated carbocycles. The summed E-state index contributed by atoms with van der Waals surface area (Å²) in [7, 11) is 0. The summed E-state index contributed by atoms with van der Waals surface area (Å²) in [4.78, 5) is 74.9. The van der Waals surface area contributed by atoms with Crippen molar-refractivity contribution in [1.82, 2.24) is 35.6 Å². The minimum atomic E-state index is -0.485. The average Bonchev–Trinajstić information content (AvgIpc) is 3.78. The topological polar surface area (TPSA) is 198 Å². The number of piperazine rings is 1. The molecule has 3 aromatic rings. The lowest BCUT2D eigenvalue weighted by Crippen LogP contribution is -2.49. The van der Waals surface area contributed by atoms with Crippen molar-refractivity contribution in [2.24, 2.45) is 0 Å². The highest BCUT2D eigenvalue weighted by Gasteiger charge is 2.27. The smallest absolute Gasteiger partial charge is 0.253 e. The van der Waals surface area contributed by atoms with Crippen LogP contribution in [0, 0.1) is 20.8 Å². The van der Waals surface area contributed by atoms with E-state index in [1.807, 2.05) is 32.9 Å². The number of aliphatic hydroxyl groups excluding tert-OH is 1. The summed E-state index contributed by atoms with van der Waals surface area (Å²) in [5, 5.41) is 18.2. The molecule has 0 bridgehead atoms. The summed E-state index contributed by atoms with van der Waals surface area (Å²) >= 11 is 0. The number of nitrogens with zero attached hydrogens (tertiary/aromatic N) is 4. The minimum Gasteiger partial charge on any atom is -0.391 e. The van der Waals surface area contributed by atoms with Crippen LogP contribution in [-0.4, -0.2) is 166 Å². The molecule has 17 nitrogen and oxygen atoms in total. The Bertz CT molecular complexity index is 2200. The van der Waals surface area contributed by atoms with E-state index >= 15 is 0 Å². The van der Waals surface area contributed by atoms with Crippen molar-refractivity contribution in [3.05, 3.63) is 86.3 Å². The van der Waals surface area contributed by atoms with Crippen molar-refractivity contribution >= 4 is 29.3 Å². The summed E-state index contributed by atoms with van der Waals surface area (Å²) < 4.78 is 16.8. The van der Waals surface area contributed by atoms with Crippen LogP contribution in [0.3, 0.4) is 0 Å². The zero-order valence-electron chi connectivity index (χ0n) is 41.4. The summed E-state index contributed by atoms with van der Waals surface area (Å²) in [6, 6.07) is 15.0. The van der Waals surface area contributed by atoms with Crippen LogP contribution in [-0.2, 0) is 41.7 Å². The normalized spacial score (nSPS) is 16.9. The maximum Gasteiger partial charge on any atom is 0.253 e. The predicted octanol–water partition coefficient (Wildman–Crippen LogP) is 3.44. The number of benzene rings is 2. The van der Waals surface area contributed by atoms with Gasteiger partial charge in [0.15, 0.2) is 0 Å². The van der Waals surface area contributed by atoms with Gasteiger partial charge in [0.2, 0.25) is 17.7 Å². The van der Waals surface area contributed by atoms with Gasteiger partial charge in [-0.1, -0.05) is 24.3 Å². The Labute approximate surface area is 407 Å². The number of H-pyrrole nitrogens is 1. The van der Waals surface area contributed by atoms with Crippen molar-refractivity contribution in [2.75, 3.05) is 110 Å². The molecule has 1 aromatic heterocycles. The van der Waals surface area contributed by atoms with Gasteiger partial charge in [-0.05, 0) is 119 Å². The highest BCUT2D eigenvalue weighted by Crippen LogP contribution is 2.34. The van der Waals surface area contributed by atoms with Gasteiger partial charge in [-0.3, -0.25) is 33.8 Å². The fourth-order valence-corrected chi connectivity index (χ4v) is 9.38. The van der Waals surface area contributed by atoms with E-state index in [-0.39, 0.29) is 48.9 Å². The number of carbonyl (C=O) groups is 4. The molecule has 4 amide bonds. The van der Waals surface area contributed by atoms with E-state index in [0.29, 0.717) is 76.0 Å². The summed E-state index contributed by atoms with van der Waals surface area (Å²) in [6.45, 7) is 17.7. The van der Waals surface area contributed by atoms with Gasteiger partial charge in [-0.15, -0.1) is 0 Å². The highest BCUT2D eigenvalue weighted by molar-refractivity contribution is 5.99. The minimum absolute atomic E-state index is 0.0494. The van der Waals surface area contributed by atoms with Crippen molar-refractivity contribution in [3.8, 4) is 11.1 Å². The second-order valence-corrected chi connectivity index (χ2v) is 18.7. The van der Waals surface area contributed by atoms with Crippen LogP contribution in [0.25, 0.3) is 11.1 Å². The van der Waals surface area contributed by atoms with Crippen molar-refractivity contribution in [3.63, 3.8) is 0 Å². The summed E-state index contributed by atoms with van der Waals surface area (Å²) in [5.74, 6) is -0.712. The lowest BCUT2D eigenvalue weighted by molar-refractivity contribution is -0.133. The number of nitrogens with one attached hydrogen (secondary N) is 4. The van der Waals surface area contributed by atoms with Gasteiger partial charge in [0.25, 0.3) is 11.5 Å². The first-order valence-corrected chi connectivity index (χ1v) is 25.0. The average molecular weight is 957 g/mol. The van der Waals surface area contributed by atoms with Crippen LogP contribution < -0.4 is 26.4 Å². The summed E-state index contributed by atoms with van der Waals surface area (Å²) in [5.41, 5.74) is 7.75. The van der Waals surface area contributed by atoms with E-state index in [1.54, 1.807) is 4.90 Å². The number of anilines is 1. The molecule has 0 aliphatic carbocycles. The monoisotopic (exact) mass is 957 g/mol. The molecule has 2 aromatic carbocycles. The van der Waals surface area contributed by atoms with Crippen LogP contribution in [0.4, 0.5) is 5.69 Å². The van der Waals surface area contributed by atoms with E-state index in [2.05, 4.69) is 72.9 Å². The third-order valence-corrected chi connectivity index (χ3v) is 13.4. The fraction of sp³-hybridized carbons (Fsp3) is 0.596. The molecule has 69 heavy (non-hydrogen) atoms. The van der Waals surface area contributed by atoms with Gasteiger partial charge in [0.05, 0.1) is 19.2 Å². The predicted molar refractivity (Wildman–Crippen MR) is 266 cm³/mol. The number of aliphatic hydroxyl groups is 1. The van der Waals surface area contributed by atoms with Gasteiger partial charge in [-0.25, -0.2) is 0 Å². The Morgan fingerprint density at radius 2 is 1.54 bits per heavy atom. The first kappa shape index (κ1) is 53.2. The van der Waals surface area contributed by atoms with E-state index in [9.17, 15) is 29.1 Å². The van der Waals surface area contributed by atoms with Gasteiger partial charge in [0, 0.05) is 127 Å².